The summed E-state index contributed by atoms with van der Waals surface area (Å²) in [6.45, 7) is 8.41. The van der Waals surface area contributed by atoms with E-state index in [0.717, 1.165) is 37.9 Å². The van der Waals surface area contributed by atoms with Crippen LogP contribution in [0.3, 0.4) is 0 Å². The van der Waals surface area contributed by atoms with Crippen molar-refractivity contribution in [2.24, 2.45) is 11.8 Å². The second-order valence-corrected chi connectivity index (χ2v) is 8.59. The molecule has 5 heteroatoms. The first-order valence-electron chi connectivity index (χ1n) is 9.65. The number of fused-ring (bicyclic) bond motifs is 1. The first-order chi connectivity index (χ1) is 12.1. The van der Waals surface area contributed by atoms with Gasteiger partial charge in [-0.1, -0.05) is 17.7 Å². The number of ether oxygens (including phenoxy) is 1. The zero-order chi connectivity index (χ0) is 17.4. The highest BCUT2D eigenvalue weighted by atomic mass is 35.5. The lowest BCUT2D eigenvalue weighted by atomic mass is 9.98. The molecule has 25 heavy (non-hydrogen) atoms. The molecule has 0 aliphatic carbocycles. The van der Waals surface area contributed by atoms with Crippen molar-refractivity contribution in [3.05, 3.63) is 28.8 Å². The fourth-order valence-corrected chi connectivity index (χ4v) is 4.77. The van der Waals surface area contributed by atoms with Crippen molar-refractivity contribution in [2.75, 3.05) is 44.8 Å². The van der Waals surface area contributed by atoms with E-state index in [2.05, 4.69) is 47.3 Å². The Hall–Kier alpha value is -0.810. The molecule has 0 radical (unpaired) electrons. The summed E-state index contributed by atoms with van der Waals surface area (Å²) in [5, 5.41) is 4.63. The van der Waals surface area contributed by atoms with Gasteiger partial charge in [0.05, 0.1) is 23.9 Å². The van der Waals surface area contributed by atoms with E-state index in [0.29, 0.717) is 23.9 Å². The summed E-state index contributed by atoms with van der Waals surface area (Å²) in [7, 11) is 2.23. The Bertz CT molecular complexity index is 599. The second kappa shape index (κ2) is 7.43. The third-order valence-corrected chi connectivity index (χ3v) is 6.71. The van der Waals surface area contributed by atoms with Crippen molar-refractivity contribution in [2.45, 2.75) is 38.4 Å². The molecule has 0 spiro atoms. The Morgan fingerprint density at radius 2 is 2.00 bits per heavy atom. The Morgan fingerprint density at radius 1 is 1.24 bits per heavy atom. The molecule has 2 unspecified atom stereocenters. The Kier molecular flexibility index (Phi) is 5.23. The van der Waals surface area contributed by atoms with Gasteiger partial charge in [-0.3, -0.25) is 0 Å². The summed E-state index contributed by atoms with van der Waals surface area (Å²) in [5.41, 5.74) is 2.53. The van der Waals surface area contributed by atoms with Crippen LogP contribution in [0, 0.1) is 11.8 Å². The van der Waals surface area contributed by atoms with Gasteiger partial charge in [0.2, 0.25) is 0 Å². The Morgan fingerprint density at radius 3 is 2.72 bits per heavy atom. The van der Waals surface area contributed by atoms with Gasteiger partial charge in [0.25, 0.3) is 0 Å². The van der Waals surface area contributed by atoms with Gasteiger partial charge in [-0.2, -0.15) is 0 Å². The van der Waals surface area contributed by atoms with Crippen molar-refractivity contribution >= 4 is 17.3 Å². The summed E-state index contributed by atoms with van der Waals surface area (Å²) in [5.74, 6) is 1.36. The highest BCUT2D eigenvalue weighted by Gasteiger charge is 2.37. The molecule has 0 saturated carbocycles. The molecule has 3 saturated heterocycles. The highest BCUT2D eigenvalue weighted by Crippen LogP contribution is 2.36. The average Bonchev–Trinajstić information content (AvgIpc) is 3.19. The first-order valence-corrected chi connectivity index (χ1v) is 10.0. The van der Waals surface area contributed by atoms with Crippen LogP contribution in [0.4, 0.5) is 5.69 Å². The van der Waals surface area contributed by atoms with E-state index in [1.54, 1.807) is 0 Å². The van der Waals surface area contributed by atoms with Crippen LogP contribution in [0.1, 0.15) is 25.3 Å². The topological polar surface area (TPSA) is 27.7 Å². The summed E-state index contributed by atoms with van der Waals surface area (Å²) < 4.78 is 5.60. The number of nitrogens with one attached hydrogen (secondary N) is 1. The second-order valence-electron chi connectivity index (χ2n) is 8.18. The molecule has 1 aromatic rings. The zero-order valence-electron chi connectivity index (χ0n) is 15.4. The molecule has 138 valence electrons. The van der Waals surface area contributed by atoms with Crippen molar-refractivity contribution in [1.82, 2.24) is 10.2 Å². The lowest BCUT2D eigenvalue weighted by molar-refractivity contribution is 0.168. The number of rotatable bonds is 4. The van der Waals surface area contributed by atoms with Gasteiger partial charge in [0.1, 0.15) is 0 Å². The molecule has 4 rings (SSSR count). The maximum absolute atomic E-state index is 6.52. The molecule has 4 atom stereocenters. The molecule has 0 aromatic heterocycles. The van der Waals surface area contributed by atoms with Crippen molar-refractivity contribution < 1.29 is 4.74 Å². The van der Waals surface area contributed by atoms with Gasteiger partial charge in [0, 0.05) is 43.6 Å². The third kappa shape index (κ3) is 3.82. The van der Waals surface area contributed by atoms with E-state index in [-0.39, 0.29) is 0 Å². The molecule has 1 N–H and O–H groups in total. The summed E-state index contributed by atoms with van der Waals surface area (Å²) >= 11 is 6.52. The molecular weight excluding hydrogens is 334 g/mol. The van der Waals surface area contributed by atoms with Crippen molar-refractivity contribution in [3.63, 3.8) is 0 Å². The summed E-state index contributed by atoms with van der Waals surface area (Å²) in [6.07, 6.45) is 2.46. The number of piperidine rings is 1. The normalized spacial score (nSPS) is 33.0. The third-order valence-electron chi connectivity index (χ3n) is 6.39. The van der Waals surface area contributed by atoms with Crippen LogP contribution in [-0.4, -0.2) is 56.9 Å². The SMILES string of the molecule is C[C@@H]1C[C@H](NCc2ccc(Cl)c(N3CC4COCC4C3)c2)CCN1C. The molecule has 4 nitrogen and oxygen atoms in total. The summed E-state index contributed by atoms with van der Waals surface area (Å²) in [4.78, 5) is 4.91. The molecule has 0 amide bonds. The van der Waals surface area contributed by atoms with Crippen LogP contribution >= 0.6 is 11.6 Å². The van der Waals surface area contributed by atoms with Gasteiger partial charge in [-0.15, -0.1) is 0 Å². The number of anilines is 1. The fraction of sp³-hybridized carbons (Fsp3) is 0.700. The van der Waals surface area contributed by atoms with Crippen molar-refractivity contribution in [3.8, 4) is 0 Å². The quantitative estimate of drug-likeness (QED) is 0.890. The minimum atomic E-state index is 0.619. The van der Waals surface area contributed by atoms with Crippen LogP contribution in [0.15, 0.2) is 18.2 Å². The number of nitrogens with zero attached hydrogens (tertiary/aromatic N) is 2. The summed E-state index contributed by atoms with van der Waals surface area (Å²) in [6, 6.07) is 7.80. The number of hydrogen-bond donors (Lipinski definition) is 1. The molecular formula is C20H30ClN3O. The van der Waals surface area contributed by atoms with E-state index in [4.69, 9.17) is 16.3 Å². The fourth-order valence-electron chi connectivity index (χ4n) is 4.53. The molecule has 3 fully saturated rings. The number of halogens is 1. The van der Waals surface area contributed by atoms with Gasteiger partial charge in [0.15, 0.2) is 0 Å². The van der Waals surface area contributed by atoms with Crippen LogP contribution < -0.4 is 10.2 Å². The maximum atomic E-state index is 6.52. The van der Waals surface area contributed by atoms with Gasteiger partial charge in [-0.25, -0.2) is 0 Å². The van der Waals surface area contributed by atoms with Crippen LogP contribution in [-0.2, 0) is 11.3 Å². The average molecular weight is 364 g/mol. The van der Waals surface area contributed by atoms with E-state index in [1.807, 2.05) is 0 Å². The lowest BCUT2D eigenvalue weighted by Crippen LogP contribution is -2.45. The van der Waals surface area contributed by atoms with E-state index >= 15 is 0 Å². The van der Waals surface area contributed by atoms with Gasteiger partial charge < -0.3 is 19.9 Å². The number of likely N-dealkylation sites (tertiary alicyclic amines) is 1. The van der Waals surface area contributed by atoms with E-state index in [1.165, 1.54) is 30.6 Å². The van der Waals surface area contributed by atoms with Crippen LogP contribution in [0.2, 0.25) is 5.02 Å². The van der Waals surface area contributed by atoms with E-state index in [9.17, 15) is 0 Å². The van der Waals surface area contributed by atoms with Crippen LogP contribution in [0.5, 0.6) is 0 Å². The smallest absolute Gasteiger partial charge is 0.0639 e. The lowest BCUT2D eigenvalue weighted by Gasteiger charge is -2.35. The largest absolute Gasteiger partial charge is 0.381 e. The monoisotopic (exact) mass is 363 g/mol. The number of benzene rings is 1. The Labute approximate surface area is 156 Å². The molecule has 1 aromatic carbocycles. The molecule has 3 aliphatic rings. The first kappa shape index (κ1) is 17.6. The minimum Gasteiger partial charge on any atom is -0.381 e. The van der Waals surface area contributed by atoms with Gasteiger partial charge >= 0.3 is 0 Å². The molecule has 3 heterocycles. The predicted molar refractivity (Wildman–Crippen MR) is 103 cm³/mol. The van der Waals surface area contributed by atoms with Gasteiger partial charge in [-0.05, 0) is 51.1 Å². The predicted octanol–water partition coefficient (Wildman–Crippen LogP) is 2.99. The number of hydrogen-bond acceptors (Lipinski definition) is 4. The Balaban J connectivity index is 1.38. The standard InChI is InChI=1S/C20H30ClN3O/c1-14-7-18(5-6-23(14)2)22-9-15-3-4-19(21)20(8-15)24-10-16-12-25-13-17(16)11-24/h3-4,8,14,16-18,22H,5-7,9-13H2,1-2H3/t14-,16?,17?,18-/m1/s1. The zero-order valence-corrected chi connectivity index (χ0v) is 16.1. The van der Waals surface area contributed by atoms with Crippen molar-refractivity contribution in [1.29, 1.82) is 0 Å². The highest BCUT2D eigenvalue weighted by molar-refractivity contribution is 6.33. The maximum Gasteiger partial charge on any atom is 0.0639 e. The minimum absolute atomic E-state index is 0.619. The van der Waals surface area contributed by atoms with E-state index < -0.39 is 0 Å². The van der Waals surface area contributed by atoms with Crippen LogP contribution in [0.25, 0.3) is 0 Å². The molecule has 0 bridgehead atoms. The molecule has 3 aliphatic heterocycles.